The maximum absolute atomic E-state index is 9.74. The van der Waals surface area contributed by atoms with Crippen molar-refractivity contribution >= 4 is 0 Å². The second-order valence-electron chi connectivity index (χ2n) is 8.12. The van der Waals surface area contributed by atoms with Gasteiger partial charge >= 0.3 is 0 Å². The minimum atomic E-state index is -0.858. The smallest absolute Gasteiger partial charge is 0.100 e. The van der Waals surface area contributed by atoms with Gasteiger partial charge in [-0.1, -0.05) is 103 Å². The van der Waals surface area contributed by atoms with Gasteiger partial charge in [-0.05, 0) is 19.3 Å². The van der Waals surface area contributed by atoms with Crippen LogP contribution < -0.4 is 0 Å². The molecular weight excluding hydrogens is 352 g/mol. The van der Waals surface area contributed by atoms with Crippen molar-refractivity contribution in [1.29, 1.82) is 0 Å². The van der Waals surface area contributed by atoms with Crippen LogP contribution in [0.3, 0.4) is 0 Å². The average Bonchev–Trinajstić information content (AvgIpc) is 2.70. The molecule has 2 atom stereocenters. The molecule has 0 radical (unpaired) electrons. The average molecular weight is 401 g/mol. The highest BCUT2D eigenvalue weighted by Gasteiger charge is 2.05. The fourth-order valence-corrected chi connectivity index (χ4v) is 3.29. The first-order chi connectivity index (χ1) is 13.7. The summed E-state index contributed by atoms with van der Waals surface area (Å²) in [7, 11) is 0. The third kappa shape index (κ3) is 21.9. The Balaban J connectivity index is 3.21. The molecule has 0 saturated heterocycles. The van der Waals surface area contributed by atoms with Crippen molar-refractivity contribution in [3.05, 3.63) is 12.2 Å². The molecule has 4 nitrogen and oxygen atoms in total. The normalized spacial score (nSPS) is 14.0. The van der Waals surface area contributed by atoms with Crippen LogP contribution in [-0.2, 0) is 4.74 Å². The van der Waals surface area contributed by atoms with Crippen LogP contribution in [0.2, 0.25) is 0 Å². The molecule has 0 aromatic heterocycles. The molecule has 0 aliphatic rings. The van der Waals surface area contributed by atoms with Crippen LogP contribution in [0, 0.1) is 0 Å². The number of aliphatic hydroxyl groups excluding tert-OH is 3. The van der Waals surface area contributed by atoms with Gasteiger partial charge in [0.1, 0.15) is 6.10 Å². The Morgan fingerprint density at radius 3 is 1.61 bits per heavy atom. The van der Waals surface area contributed by atoms with Gasteiger partial charge in [0.15, 0.2) is 0 Å². The molecule has 0 amide bonds. The highest BCUT2D eigenvalue weighted by Crippen LogP contribution is 2.13. The van der Waals surface area contributed by atoms with Crippen molar-refractivity contribution in [3.8, 4) is 0 Å². The van der Waals surface area contributed by atoms with E-state index in [2.05, 4.69) is 13.0 Å². The van der Waals surface area contributed by atoms with Crippen molar-refractivity contribution < 1.29 is 20.1 Å². The summed E-state index contributed by atoms with van der Waals surface area (Å²) >= 11 is 0. The molecule has 28 heavy (non-hydrogen) atoms. The fourth-order valence-electron chi connectivity index (χ4n) is 3.29. The summed E-state index contributed by atoms with van der Waals surface area (Å²) in [6, 6.07) is 0. The lowest BCUT2D eigenvalue weighted by molar-refractivity contribution is -0.0233. The summed E-state index contributed by atoms with van der Waals surface area (Å²) in [5.41, 5.74) is 0. The van der Waals surface area contributed by atoms with Gasteiger partial charge < -0.3 is 20.1 Å². The van der Waals surface area contributed by atoms with Gasteiger partial charge in [0, 0.05) is 0 Å². The van der Waals surface area contributed by atoms with Gasteiger partial charge in [-0.2, -0.15) is 0 Å². The summed E-state index contributed by atoms with van der Waals surface area (Å²) in [4.78, 5) is 0. The molecule has 0 aromatic rings. The number of ether oxygens (including phenoxy) is 1. The second kappa shape index (κ2) is 22.9. The van der Waals surface area contributed by atoms with Crippen molar-refractivity contribution in [2.75, 3.05) is 19.8 Å². The van der Waals surface area contributed by atoms with E-state index in [9.17, 15) is 5.11 Å². The van der Waals surface area contributed by atoms with Crippen molar-refractivity contribution in [2.45, 2.75) is 122 Å². The molecule has 168 valence electrons. The summed E-state index contributed by atoms with van der Waals surface area (Å²) in [6.45, 7) is 2.22. The summed E-state index contributed by atoms with van der Waals surface area (Å²) in [6.07, 6.45) is 23.8. The molecule has 0 spiro atoms. The van der Waals surface area contributed by atoms with Crippen LogP contribution in [0.4, 0.5) is 0 Å². The lowest BCUT2D eigenvalue weighted by Gasteiger charge is -2.11. The van der Waals surface area contributed by atoms with Gasteiger partial charge in [-0.25, -0.2) is 0 Å². The highest BCUT2D eigenvalue weighted by molar-refractivity contribution is 4.84. The molecule has 0 aromatic carbocycles. The lowest BCUT2D eigenvalue weighted by Crippen LogP contribution is -2.23. The molecular formula is C24H48O4. The number of hydrogen-bond acceptors (Lipinski definition) is 4. The molecule has 3 N–H and O–H groups in total. The van der Waals surface area contributed by atoms with Crippen LogP contribution in [0.15, 0.2) is 12.2 Å². The quantitative estimate of drug-likeness (QED) is 0.165. The van der Waals surface area contributed by atoms with Crippen molar-refractivity contribution in [1.82, 2.24) is 0 Å². The van der Waals surface area contributed by atoms with Crippen LogP contribution in [0.1, 0.15) is 110 Å². The predicted molar refractivity (Wildman–Crippen MR) is 119 cm³/mol. The number of hydrogen-bond donors (Lipinski definition) is 3. The number of aliphatic hydroxyl groups is 3. The zero-order valence-corrected chi connectivity index (χ0v) is 18.5. The van der Waals surface area contributed by atoms with Crippen LogP contribution in [0.5, 0.6) is 0 Å². The maximum atomic E-state index is 9.74. The van der Waals surface area contributed by atoms with Gasteiger partial charge in [-0.15, -0.1) is 0 Å². The van der Waals surface area contributed by atoms with E-state index in [1.807, 2.05) is 6.08 Å². The van der Waals surface area contributed by atoms with Crippen LogP contribution >= 0.6 is 0 Å². The molecule has 0 heterocycles. The minimum Gasteiger partial charge on any atom is -0.394 e. The van der Waals surface area contributed by atoms with E-state index in [0.29, 0.717) is 6.42 Å². The Labute approximate surface area is 174 Å². The minimum absolute atomic E-state index is 0.0658. The molecule has 0 unspecified atom stereocenters. The molecule has 0 bridgehead atoms. The van der Waals surface area contributed by atoms with Gasteiger partial charge in [0.05, 0.1) is 25.9 Å². The number of allylic oxidation sites excluding steroid dienone is 1. The van der Waals surface area contributed by atoms with E-state index < -0.39 is 12.2 Å². The first-order valence-corrected chi connectivity index (χ1v) is 11.9. The molecule has 0 fully saturated rings. The molecule has 0 aliphatic heterocycles. The van der Waals surface area contributed by atoms with Crippen LogP contribution in [-0.4, -0.2) is 47.3 Å². The topological polar surface area (TPSA) is 69.9 Å². The van der Waals surface area contributed by atoms with Crippen molar-refractivity contribution in [3.63, 3.8) is 0 Å². The van der Waals surface area contributed by atoms with Crippen LogP contribution in [0.25, 0.3) is 0 Å². The summed E-state index contributed by atoms with van der Waals surface area (Å²) < 4.78 is 5.14. The van der Waals surface area contributed by atoms with E-state index in [0.717, 1.165) is 6.42 Å². The van der Waals surface area contributed by atoms with Gasteiger partial charge in [-0.3, -0.25) is 0 Å². The molecule has 0 saturated carbocycles. The largest absolute Gasteiger partial charge is 0.394 e. The van der Waals surface area contributed by atoms with Gasteiger partial charge in [0.25, 0.3) is 0 Å². The third-order valence-electron chi connectivity index (χ3n) is 5.13. The Hall–Kier alpha value is -0.420. The molecule has 0 rings (SSSR count). The fraction of sp³-hybridized carbons (Fsp3) is 0.917. The van der Waals surface area contributed by atoms with E-state index in [-0.39, 0.29) is 19.8 Å². The Morgan fingerprint density at radius 1 is 0.643 bits per heavy atom. The summed E-state index contributed by atoms with van der Waals surface area (Å²) in [5, 5.41) is 27.5. The lowest BCUT2D eigenvalue weighted by atomic mass is 10.0. The van der Waals surface area contributed by atoms with E-state index in [4.69, 9.17) is 14.9 Å². The molecule has 0 aliphatic carbocycles. The Kier molecular flexibility index (Phi) is 22.5. The Morgan fingerprint density at radius 2 is 1.11 bits per heavy atom. The first-order valence-electron chi connectivity index (χ1n) is 11.9. The SMILES string of the molecule is CCCCCCCCCCCCCCCC/C=C\C[C@@H](O)COC[C@@H](O)CO. The second-order valence-corrected chi connectivity index (χ2v) is 8.12. The number of unbranched alkanes of at least 4 members (excludes halogenated alkanes) is 14. The van der Waals surface area contributed by atoms with Crippen molar-refractivity contribution in [2.24, 2.45) is 0 Å². The zero-order valence-electron chi connectivity index (χ0n) is 18.5. The highest BCUT2D eigenvalue weighted by atomic mass is 16.5. The monoisotopic (exact) mass is 400 g/mol. The number of rotatable bonds is 22. The zero-order chi connectivity index (χ0) is 20.7. The van der Waals surface area contributed by atoms with E-state index in [1.54, 1.807) is 0 Å². The first kappa shape index (κ1) is 27.6. The third-order valence-corrected chi connectivity index (χ3v) is 5.13. The summed E-state index contributed by atoms with van der Waals surface area (Å²) in [5.74, 6) is 0. The van der Waals surface area contributed by atoms with E-state index in [1.165, 1.54) is 89.9 Å². The molecule has 4 heteroatoms. The Bertz CT molecular complexity index is 320. The maximum Gasteiger partial charge on any atom is 0.100 e. The van der Waals surface area contributed by atoms with Gasteiger partial charge in [0.2, 0.25) is 0 Å². The standard InChI is InChI=1S/C24H48O4/c1-2-3-4-5-6-7-8-9-10-11-12-13-14-15-16-17-18-19-23(26)21-28-22-24(27)20-25/h17-18,23-27H,2-16,19-22H2,1H3/b18-17-/t23-,24+/m1/s1. The van der Waals surface area contributed by atoms with E-state index >= 15 is 0 Å². The predicted octanol–water partition coefficient (Wildman–Crippen LogP) is 5.53.